The molecule has 0 heterocycles. The van der Waals surface area contributed by atoms with Crippen molar-refractivity contribution >= 4 is 34.9 Å². The van der Waals surface area contributed by atoms with Gasteiger partial charge in [-0.1, -0.05) is 23.7 Å². The molecule has 3 amide bonds. The Morgan fingerprint density at radius 1 is 1.10 bits per heavy atom. The van der Waals surface area contributed by atoms with Gasteiger partial charge in [-0.05, 0) is 42.8 Å². The van der Waals surface area contributed by atoms with Gasteiger partial charge >= 0.3 is 6.03 Å². The van der Waals surface area contributed by atoms with E-state index in [4.69, 9.17) is 17.3 Å². The molecule has 0 saturated carbocycles. The van der Waals surface area contributed by atoms with Gasteiger partial charge in [0.2, 0.25) is 5.91 Å². The highest BCUT2D eigenvalue weighted by Crippen LogP contribution is 2.19. The van der Waals surface area contributed by atoms with E-state index in [1.165, 1.54) is 0 Å². The number of nitrogens with one attached hydrogen (secondary N) is 2. The Balaban J connectivity index is 2.13. The Hall–Kier alpha value is -2.53. The second kappa shape index (κ2) is 6.28. The number of carbonyl (C=O) groups is 2. The summed E-state index contributed by atoms with van der Waals surface area (Å²) < 4.78 is 0. The lowest BCUT2D eigenvalue weighted by molar-refractivity contribution is 0.0999. The highest BCUT2D eigenvalue weighted by molar-refractivity contribution is 6.30. The summed E-state index contributed by atoms with van der Waals surface area (Å²) in [4.78, 5) is 23.2. The number of hydrogen-bond donors (Lipinski definition) is 3. The average molecular weight is 304 g/mol. The highest BCUT2D eigenvalue weighted by atomic mass is 35.5. The first-order valence-electron chi connectivity index (χ1n) is 6.20. The van der Waals surface area contributed by atoms with E-state index < -0.39 is 11.9 Å². The van der Waals surface area contributed by atoms with Crippen molar-refractivity contribution in [3.05, 3.63) is 58.6 Å². The van der Waals surface area contributed by atoms with Crippen LogP contribution in [0.5, 0.6) is 0 Å². The van der Waals surface area contributed by atoms with Crippen LogP contribution in [-0.2, 0) is 0 Å². The third-order valence-electron chi connectivity index (χ3n) is 2.93. The quantitative estimate of drug-likeness (QED) is 0.812. The summed E-state index contributed by atoms with van der Waals surface area (Å²) in [7, 11) is 0. The summed E-state index contributed by atoms with van der Waals surface area (Å²) >= 11 is 5.85. The summed E-state index contributed by atoms with van der Waals surface area (Å²) in [6.07, 6.45) is 0. The van der Waals surface area contributed by atoms with E-state index in [0.717, 1.165) is 0 Å². The lowest BCUT2D eigenvalue weighted by Crippen LogP contribution is -2.21. The van der Waals surface area contributed by atoms with E-state index >= 15 is 0 Å². The molecule has 0 atom stereocenters. The van der Waals surface area contributed by atoms with E-state index in [-0.39, 0.29) is 0 Å². The van der Waals surface area contributed by atoms with Crippen LogP contribution in [0.1, 0.15) is 15.9 Å². The summed E-state index contributed by atoms with van der Waals surface area (Å²) in [5.41, 5.74) is 7.35. The van der Waals surface area contributed by atoms with Gasteiger partial charge < -0.3 is 16.4 Å². The Kier molecular flexibility index (Phi) is 4.45. The van der Waals surface area contributed by atoms with Crippen LogP contribution in [0, 0.1) is 6.92 Å². The lowest BCUT2D eigenvalue weighted by atomic mass is 10.1. The SMILES string of the molecule is Cc1c(NC(=O)Nc2cccc(Cl)c2)cccc1C(N)=O. The summed E-state index contributed by atoms with van der Waals surface area (Å²) in [5.74, 6) is -0.536. The molecule has 2 aromatic rings. The number of rotatable bonds is 3. The first-order valence-corrected chi connectivity index (χ1v) is 6.58. The van der Waals surface area contributed by atoms with E-state index in [1.54, 1.807) is 49.4 Å². The summed E-state index contributed by atoms with van der Waals surface area (Å²) in [6.45, 7) is 1.72. The number of primary amides is 1. The molecule has 0 bridgehead atoms. The predicted octanol–water partition coefficient (Wildman–Crippen LogP) is 3.39. The maximum atomic E-state index is 11.9. The second-order valence-electron chi connectivity index (χ2n) is 4.43. The van der Waals surface area contributed by atoms with E-state index in [9.17, 15) is 9.59 Å². The first-order chi connectivity index (χ1) is 9.97. The largest absolute Gasteiger partial charge is 0.366 e. The highest BCUT2D eigenvalue weighted by Gasteiger charge is 2.10. The van der Waals surface area contributed by atoms with Crippen LogP contribution in [0.2, 0.25) is 5.02 Å². The van der Waals surface area contributed by atoms with Gasteiger partial charge in [0.15, 0.2) is 0 Å². The number of anilines is 2. The van der Waals surface area contributed by atoms with Gasteiger partial charge in [-0.3, -0.25) is 4.79 Å². The molecule has 21 heavy (non-hydrogen) atoms. The molecule has 2 aromatic carbocycles. The minimum Gasteiger partial charge on any atom is -0.366 e. The van der Waals surface area contributed by atoms with Crippen LogP contribution in [0.15, 0.2) is 42.5 Å². The number of benzene rings is 2. The van der Waals surface area contributed by atoms with Gasteiger partial charge in [0.25, 0.3) is 0 Å². The molecule has 0 aromatic heterocycles. The zero-order valence-corrected chi connectivity index (χ0v) is 12.1. The van der Waals surface area contributed by atoms with E-state index in [2.05, 4.69) is 10.6 Å². The van der Waals surface area contributed by atoms with Crippen LogP contribution < -0.4 is 16.4 Å². The van der Waals surface area contributed by atoms with Crippen molar-refractivity contribution < 1.29 is 9.59 Å². The zero-order chi connectivity index (χ0) is 15.4. The van der Waals surface area contributed by atoms with Crippen molar-refractivity contribution in [2.45, 2.75) is 6.92 Å². The fraction of sp³-hybridized carbons (Fsp3) is 0.0667. The van der Waals surface area contributed by atoms with Crippen molar-refractivity contribution in [1.82, 2.24) is 0 Å². The average Bonchev–Trinajstić information content (AvgIpc) is 2.40. The number of urea groups is 1. The Morgan fingerprint density at radius 3 is 2.48 bits per heavy atom. The van der Waals surface area contributed by atoms with E-state index in [1.807, 2.05) is 0 Å². The van der Waals surface area contributed by atoms with Gasteiger partial charge in [0.1, 0.15) is 0 Å². The normalized spacial score (nSPS) is 10.0. The molecule has 0 aliphatic carbocycles. The fourth-order valence-electron chi connectivity index (χ4n) is 1.89. The smallest absolute Gasteiger partial charge is 0.323 e. The number of amides is 3. The second-order valence-corrected chi connectivity index (χ2v) is 4.87. The third kappa shape index (κ3) is 3.73. The first kappa shape index (κ1) is 14.9. The topological polar surface area (TPSA) is 84.2 Å². The fourth-order valence-corrected chi connectivity index (χ4v) is 2.08. The molecule has 2 rings (SSSR count). The van der Waals surface area contributed by atoms with Crippen molar-refractivity contribution in [2.24, 2.45) is 5.73 Å². The molecule has 0 saturated heterocycles. The minimum absolute atomic E-state index is 0.371. The molecule has 4 N–H and O–H groups in total. The Labute approximate surface area is 127 Å². The number of halogens is 1. The monoisotopic (exact) mass is 303 g/mol. The maximum absolute atomic E-state index is 11.9. The van der Waals surface area contributed by atoms with Gasteiger partial charge in [-0.15, -0.1) is 0 Å². The van der Waals surface area contributed by atoms with Crippen molar-refractivity contribution in [3.63, 3.8) is 0 Å². The minimum atomic E-state index is -0.536. The summed E-state index contributed by atoms with van der Waals surface area (Å²) in [6, 6.07) is 11.3. The van der Waals surface area contributed by atoms with Gasteiger partial charge in [0, 0.05) is 22.0 Å². The molecule has 0 aliphatic rings. The number of carbonyl (C=O) groups excluding carboxylic acids is 2. The number of nitrogens with two attached hydrogens (primary N) is 1. The van der Waals surface area contributed by atoms with Crippen LogP contribution in [0.25, 0.3) is 0 Å². The molecule has 5 nitrogen and oxygen atoms in total. The molecule has 0 spiro atoms. The van der Waals surface area contributed by atoms with Crippen molar-refractivity contribution in [2.75, 3.05) is 10.6 Å². The zero-order valence-electron chi connectivity index (χ0n) is 11.3. The summed E-state index contributed by atoms with van der Waals surface area (Å²) in [5, 5.41) is 5.86. The molecular weight excluding hydrogens is 290 g/mol. The van der Waals surface area contributed by atoms with Crippen LogP contribution in [0.3, 0.4) is 0 Å². The molecular formula is C15H14ClN3O2. The molecule has 0 radical (unpaired) electrons. The Morgan fingerprint density at radius 2 is 1.81 bits per heavy atom. The molecule has 0 aliphatic heterocycles. The third-order valence-corrected chi connectivity index (χ3v) is 3.17. The van der Waals surface area contributed by atoms with Crippen molar-refractivity contribution in [3.8, 4) is 0 Å². The number of hydrogen-bond acceptors (Lipinski definition) is 2. The lowest BCUT2D eigenvalue weighted by Gasteiger charge is -2.12. The molecule has 0 unspecified atom stereocenters. The van der Waals surface area contributed by atoms with Crippen LogP contribution >= 0.6 is 11.6 Å². The van der Waals surface area contributed by atoms with Crippen LogP contribution in [0.4, 0.5) is 16.2 Å². The Bertz CT molecular complexity index is 701. The van der Waals surface area contributed by atoms with Gasteiger partial charge in [0.05, 0.1) is 0 Å². The van der Waals surface area contributed by atoms with E-state index in [0.29, 0.717) is 27.5 Å². The van der Waals surface area contributed by atoms with Gasteiger partial charge in [-0.25, -0.2) is 4.79 Å². The van der Waals surface area contributed by atoms with Crippen LogP contribution in [-0.4, -0.2) is 11.9 Å². The van der Waals surface area contributed by atoms with Crippen molar-refractivity contribution in [1.29, 1.82) is 0 Å². The predicted molar refractivity (Wildman–Crippen MR) is 83.8 cm³/mol. The standard InChI is InChI=1S/C15H14ClN3O2/c1-9-12(14(17)20)6-3-7-13(9)19-15(21)18-11-5-2-4-10(16)8-11/h2-8H,1H3,(H2,17,20)(H2,18,19,21). The molecule has 108 valence electrons. The van der Waals surface area contributed by atoms with Gasteiger partial charge in [-0.2, -0.15) is 0 Å². The maximum Gasteiger partial charge on any atom is 0.323 e. The molecule has 0 fully saturated rings. The molecule has 6 heteroatoms.